The standard InChI is InChI=1S/C8H7F5N2O/c9-6(10)4-3(2-16)1-15-7(14)5(4)8(11,12)13/h1,6,16H,2H2,(H2,14,15). The Balaban J connectivity index is 3.55. The molecule has 0 spiro atoms. The van der Waals surface area contributed by atoms with Gasteiger partial charge in [-0.05, 0) is 0 Å². The fourth-order valence-corrected chi connectivity index (χ4v) is 1.25. The van der Waals surface area contributed by atoms with Gasteiger partial charge in [-0.15, -0.1) is 0 Å². The molecule has 0 atom stereocenters. The van der Waals surface area contributed by atoms with Gasteiger partial charge in [0.05, 0.1) is 6.61 Å². The van der Waals surface area contributed by atoms with Gasteiger partial charge in [-0.25, -0.2) is 13.8 Å². The molecule has 0 radical (unpaired) electrons. The van der Waals surface area contributed by atoms with Crippen molar-refractivity contribution in [1.29, 1.82) is 0 Å². The minimum absolute atomic E-state index is 0.587. The van der Waals surface area contributed by atoms with Gasteiger partial charge in [-0.1, -0.05) is 0 Å². The number of halogens is 5. The highest BCUT2D eigenvalue weighted by Crippen LogP contribution is 2.40. The molecule has 1 aromatic heterocycles. The topological polar surface area (TPSA) is 59.1 Å². The number of aliphatic hydroxyl groups excluding tert-OH is 1. The summed E-state index contributed by atoms with van der Waals surface area (Å²) in [6, 6.07) is 0. The van der Waals surface area contributed by atoms with E-state index in [-0.39, 0.29) is 0 Å². The number of hydrogen-bond acceptors (Lipinski definition) is 3. The van der Waals surface area contributed by atoms with E-state index in [2.05, 4.69) is 4.98 Å². The molecule has 0 aliphatic rings. The summed E-state index contributed by atoms with van der Waals surface area (Å²) in [6.45, 7) is -0.962. The van der Waals surface area contributed by atoms with E-state index in [0.29, 0.717) is 6.20 Å². The molecule has 0 saturated carbocycles. The van der Waals surface area contributed by atoms with Crippen molar-refractivity contribution in [3.05, 3.63) is 22.9 Å². The summed E-state index contributed by atoms with van der Waals surface area (Å²) >= 11 is 0. The Kier molecular flexibility index (Phi) is 3.32. The fourth-order valence-electron chi connectivity index (χ4n) is 1.25. The lowest BCUT2D eigenvalue weighted by atomic mass is 10.0. The molecule has 1 aromatic rings. The number of rotatable bonds is 2. The van der Waals surface area contributed by atoms with E-state index in [9.17, 15) is 22.0 Å². The Labute approximate surface area is 86.7 Å². The first-order valence-electron chi connectivity index (χ1n) is 4.02. The predicted octanol–water partition coefficient (Wildman–Crippen LogP) is 2.11. The minimum Gasteiger partial charge on any atom is -0.392 e. The van der Waals surface area contributed by atoms with Crippen LogP contribution < -0.4 is 5.73 Å². The Morgan fingerprint density at radius 2 is 1.94 bits per heavy atom. The molecule has 16 heavy (non-hydrogen) atoms. The molecule has 3 N–H and O–H groups in total. The van der Waals surface area contributed by atoms with E-state index >= 15 is 0 Å². The van der Waals surface area contributed by atoms with Crippen molar-refractivity contribution in [3.63, 3.8) is 0 Å². The molecule has 0 unspecified atom stereocenters. The van der Waals surface area contributed by atoms with Crippen LogP contribution in [0.1, 0.15) is 23.1 Å². The number of nitrogen functional groups attached to an aromatic ring is 1. The number of alkyl halides is 5. The first-order valence-corrected chi connectivity index (χ1v) is 4.02. The summed E-state index contributed by atoms with van der Waals surface area (Å²) in [6.07, 6.45) is -7.72. The number of nitrogens with zero attached hydrogens (tertiary/aromatic N) is 1. The van der Waals surface area contributed by atoms with Gasteiger partial charge in [0.2, 0.25) is 0 Å². The van der Waals surface area contributed by atoms with Crippen LogP contribution >= 0.6 is 0 Å². The Hall–Kier alpha value is -1.44. The van der Waals surface area contributed by atoms with Crippen molar-refractivity contribution in [2.45, 2.75) is 19.2 Å². The summed E-state index contributed by atoms with van der Waals surface area (Å²) in [5.74, 6) is -1.03. The van der Waals surface area contributed by atoms with Crippen LogP contribution in [-0.2, 0) is 12.8 Å². The van der Waals surface area contributed by atoms with Gasteiger partial charge in [-0.2, -0.15) is 13.2 Å². The summed E-state index contributed by atoms with van der Waals surface area (Å²) in [4.78, 5) is 3.12. The van der Waals surface area contributed by atoms with E-state index < -0.39 is 41.7 Å². The molecule has 90 valence electrons. The van der Waals surface area contributed by atoms with Gasteiger partial charge in [0.25, 0.3) is 6.43 Å². The van der Waals surface area contributed by atoms with Crippen molar-refractivity contribution < 1.29 is 27.1 Å². The van der Waals surface area contributed by atoms with E-state index in [4.69, 9.17) is 10.8 Å². The zero-order valence-electron chi connectivity index (χ0n) is 7.72. The van der Waals surface area contributed by atoms with Crippen molar-refractivity contribution in [3.8, 4) is 0 Å². The lowest BCUT2D eigenvalue weighted by molar-refractivity contribution is -0.139. The second-order valence-electron chi connectivity index (χ2n) is 2.91. The van der Waals surface area contributed by atoms with Gasteiger partial charge in [0.1, 0.15) is 11.4 Å². The number of hydrogen-bond donors (Lipinski definition) is 2. The average molecular weight is 242 g/mol. The van der Waals surface area contributed by atoms with Gasteiger partial charge in [0, 0.05) is 17.3 Å². The molecule has 1 rings (SSSR count). The molecule has 3 nitrogen and oxygen atoms in total. The third-order valence-corrected chi connectivity index (χ3v) is 1.90. The Morgan fingerprint density at radius 1 is 1.38 bits per heavy atom. The fraction of sp³-hybridized carbons (Fsp3) is 0.375. The van der Waals surface area contributed by atoms with Gasteiger partial charge in [-0.3, -0.25) is 0 Å². The summed E-state index contributed by atoms with van der Waals surface area (Å²) in [5.41, 5.74) is 1.33. The Morgan fingerprint density at radius 3 is 2.31 bits per heavy atom. The summed E-state index contributed by atoms with van der Waals surface area (Å²) in [7, 11) is 0. The smallest absolute Gasteiger partial charge is 0.392 e. The minimum atomic E-state index is -5.03. The molecule has 0 amide bonds. The van der Waals surface area contributed by atoms with Crippen molar-refractivity contribution >= 4 is 5.82 Å². The van der Waals surface area contributed by atoms with E-state index in [0.717, 1.165) is 0 Å². The van der Waals surface area contributed by atoms with Gasteiger partial charge < -0.3 is 10.8 Å². The molecule has 0 aliphatic carbocycles. The molecule has 8 heteroatoms. The zero-order valence-corrected chi connectivity index (χ0v) is 7.72. The van der Waals surface area contributed by atoms with Crippen LogP contribution in [0, 0.1) is 0 Å². The van der Waals surface area contributed by atoms with Crippen molar-refractivity contribution in [2.75, 3.05) is 5.73 Å². The third kappa shape index (κ3) is 2.21. The Bertz CT molecular complexity index is 391. The number of aromatic nitrogens is 1. The highest BCUT2D eigenvalue weighted by molar-refractivity contribution is 5.50. The van der Waals surface area contributed by atoms with Gasteiger partial charge in [0.15, 0.2) is 0 Å². The second kappa shape index (κ2) is 4.20. The molecule has 0 fully saturated rings. The number of anilines is 1. The van der Waals surface area contributed by atoms with Crippen LogP contribution in [0.15, 0.2) is 6.20 Å². The highest BCUT2D eigenvalue weighted by atomic mass is 19.4. The molecular weight excluding hydrogens is 235 g/mol. The summed E-state index contributed by atoms with van der Waals surface area (Å²) in [5, 5.41) is 8.67. The third-order valence-electron chi connectivity index (χ3n) is 1.90. The SMILES string of the molecule is Nc1ncc(CO)c(C(F)F)c1C(F)(F)F. The molecular formula is C8H7F5N2O. The van der Waals surface area contributed by atoms with Crippen LogP contribution in [0.4, 0.5) is 27.8 Å². The van der Waals surface area contributed by atoms with Crippen LogP contribution in [0.25, 0.3) is 0 Å². The average Bonchev–Trinajstić information content (AvgIpc) is 2.15. The largest absolute Gasteiger partial charge is 0.420 e. The number of aliphatic hydroxyl groups is 1. The lowest BCUT2D eigenvalue weighted by Gasteiger charge is -2.16. The predicted molar refractivity (Wildman–Crippen MR) is 44.5 cm³/mol. The maximum absolute atomic E-state index is 12.5. The van der Waals surface area contributed by atoms with Crippen LogP contribution in [0.5, 0.6) is 0 Å². The first kappa shape index (κ1) is 12.6. The maximum atomic E-state index is 12.5. The van der Waals surface area contributed by atoms with E-state index in [1.165, 1.54) is 0 Å². The summed E-state index contributed by atoms with van der Waals surface area (Å²) < 4.78 is 62.3. The highest BCUT2D eigenvalue weighted by Gasteiger charge is 2.40. The second-order valence-corrected chi connectivity index (χ2v) is 2.91. The quantitative estimate of drug-likeness (QED) is 0.781. The number of pyridine rings is 1. The first-order chi connectivity index (χ1) is 7.29. The molecule has 0 aromatic carbocycles. The van der Waals surface area contributed by atoms with Crippen molar-refractivity contribution in [1.82, 2.24) is 4.98 Å². The van der Waals surface area contributed by atoms with Crippen LogP contribution in [-0.4, -0.2) is 10.1 Å². The molecule has 1 heterocycles. The molecule has 0 bridgehead atoms. The van der Waals surface area contributed by atoms with Gasteiger partial charge >= 0.3 is 6.18 Å². The van der Waals surface area contributed by atoms with E-state index in [1.54, 1.807) is 0 Å². The lowest BCUT2D eigenvalue weighted by Crippen LogP contribution is -2.16. The maximum Gasteiger partial charge on any atom is 0.420 e. The van der Waals surface area contributed by atoms with Crippen molar-refractivity contribution in [2.24, 2.45) is 0 Å². The zero-order chi connectivity index (χ0) is 12.5. The van der Waals surface area contributed by atoms with Crippen LogP contribution in [0.3, 0.4) is 0 Å². The normalized spacial score (nSPS) is 12.2. The number of nitrogens with two attached hydrogens (primary N) is 1. The van der Waals surface area contributed by atoms with E-state index in [1.807, 2.05) is 0 Å². The van der Waals surface area contributed by atoms with Crippen LogP contribution in [0.2, 0.25) is 0 Å². The molecule has 0 saturated heterocycles. The molecule has 0 aliphatic heterocycles. The monoisotopic (exact) mass is 242 g/mol.